The molecule has 6 rings (SSSR count). The minimum Gasteiger partial charge on any atom is -0.403 e. The first kappa shape index (κ1) is 20.1. The zero-order valence-corrected chi connectivity index (χ0v) is 18.7. The van der Waals surface area contributed by atoms with Gasteiger partial charge in [-0.05, 0) is 42.9 Å². The average Bonchev–Trinajstić information content (AvgIpc) is 3.26. The van der Waals surface area contributed by atoms with E-state index in [1.807, 2.05) is 19.1 Å². The van der Waals surface area contributed by atoms with Gasteiger partial charge in [0.15, 0.2) is 0 Å². The minimum absolute atomic E-state index is 0.210. The van der Waals surface area contributed by atoms with Crippen LogP contribution in [0.25, 0.3) is 11.5 Å². The lowest BCUT2D eigenvalue weighted by molar-refractivity contribution is 0.529. The van der Waals surface area contributed by atoms with Crippen LogP contribution in [0.15, 0.2) is 41.1 Å². The number of halogens is 1. The standard InChI is InChI=1S/C22H22ClN9O/c1-12-19(32(30-27-12)7-6-13-2-4-15(23)5-3-13)18-16-10-31(11-17(16)18)22-29-28-20(33-22)14-8-25-21(24)26-9-14/h2-5,8-9,16-18H,6-7,10-11H2,1H3,(H2,24,25,26). The third kappa shape index (κ3) is 3.70. The Kier molecular flexibility index (Phi) is 4.75. The van der Waals surface area contributed by atoms with Gasteiger partial charge in [0.25, 0.3) is 5.89 Å². The Hall–Kier alpha value is -3.53. The highest BCUT2D eigenvalue weighted by Gasteiger charge is 2.59. The summed E-state index contributed by atoms with van der Waals surface area (Å²) in [6, 6.07) is 8.50. The molecule has 10 nitrogen and oxygen atoms in total. The molecule has 2 unspecified atom stereocenters. The minimum atomic E-state index is 0.210. The lowest BCUT2D eigenvalue weighted by Crippen LogP contribution is -2.24. The van der Waals surface area contributed by atoms with Gasteiger partial charge < -0.3 is 15.1 Å². The Balaban J connectivity index is 1.12. The van der Waals surface area contributed by atoms with Gasteiger partial charge >= 0.3 is 6.01 Å². The van der Waals surface area contributed by atoms with E-state index in [2.05, 4.69) is 52.2 Å². The molecule has 4 heterocycles. The summed E-state index contributed by atoms with van der Waals surface area (Å²) in [7, 11) is 0. The van der Waals surface area contributed by atoms with Crippen molar-refractivity contribution in [3.8, 4) is 11.5 Å². The number of piperidine rings is 1. The predicted molar refractivity (Wildman–Crippen MR) is 122 cm³/mol. The first-order valence-electron chi connectivity index (χ1n) is 10.9. The molecule has 0 spiro atoms. The Labute approximate surface area is 194 Å². The number of nitrogen functional groups attached to an aromatic ring is 1. The fourth-order valence-corrected chi connectivity index (χ4v) is 4.99. The number of benzene rings is 1. The quantitative estimate of drug-likeness (QED) is 0.459. The summed E-state index contributed by atoms with van der Waals surface area (Å²) >= 11 is 6.00. The molecule has 1 aromatic carbocycles. The molecule has 2 aliphatic rings. The SMILES string of the molecule is Cc1nnn(CCc2ccc(Cl)cc2)c1C1C2CN(c3nnc(-c4cnc(N)nc4)o3)CC21. The van der Waals surface area contributed by atoms with Crippen LogP contribution in [0.1, 0.15) is 22.9 Å². The smallest absolute Gasteiger partial charge is 0.318 e. The summed E-state index contributed by atoms with van der Waals surface area (Å²) in [5, 5.41) is 17.9. The molecule has 11 heteroatoms. The number of aromatic nitrogens is 7. The topological polar surface area (TPSA) is 125 Å². The van der Waals surface area contributed by atoms with E-state index in [4.69, 9.17) is 21.8 Å². The number of nitrogens with zero attached hydrogens (tertiary/aromatic N) is 8. The zero-order valence-electron chi connectivity index (χ0n) is 18.0. The van der Waals surface area contributed by atoms with Crippen molar-refractivity contribution >= 4 is 23.6 Å². The fourth-order valence-electron chi connectivity index (χ4n) is 4.87. The van der Waals surface area contributed by atoms with Crippen LogP contribution in [-0.4, -0.2) is 48.2 Å². The van der Waals surface area contributed by atoms with E-state index < -0.39 is 0 Å². The zero-order chi connectivity index (χ0) is 22.5. The fraction of sp³-hybridized carbons (Fsp3) is 0.364. The molecule has 0 radical (unpaired) electrons. The number of aryl methyl sites for hydroxylation is 3. The number of nitrogens with two attached hydrogens (primary N) is 1. The van der Waals surface area contributed by atoms with Crippen LogP contribution in [0, 0.1) is 18.8 Å². The predicted octanol–water partition coefficient (Wildman–Crippen LogP) is 2.75. The highest BCUT2D eigenvalue weighted by molar-refractivity contribution is 6.30. The number of fused-ring (bicyclic) bond motifs is 1. The van der Waals surface area contributed by atoms with Gasteiger partial charge in [-0.1, -0.05) is 34.0 Å². The van der Waals surface area contributed by atoms with Gasteiger partial charge in [0.2, 0.25) is 5.95 Å². The molecule has 1 saturated carbocycles. The van der Waals surface area contributed by atoms with E-state index in [-0.39, 0.29) is 5.95 Å². The van der Waals surface area contributed by atoms with E-state index in [0.29, 0.717) is 35.2 Å². The van der Waals surface area contributed by atoms with E-state index in [1.165, 1.54) is 11.3 Å². The molecule has 1 aliphatic heterocycles. The van der Waals surface area contributed by atoms with Crippen molar-refractivity contribution in [1.29, 1.82) is 0 Å². The molecule has 3 aromatic heterocycles. The highest BCUT2D eigenvalue weighted by Crippen LogP contribution is 2.59. The maximum atomic E-state index is 6.00. The van der Waals surface area contributed by atoms with Gasteiger partial charge in [-0.3, -0.25) is 0 Å². The maximum Gasteiger partial charge on any atom is 0.318 e. The molecule has 1 saturated heterocycles. The van der Waals surface area contributed by atoms with E-state index >= 15 is 0 Å². The molecule has 2 N–H and O–H groups in total. The van der Waals surface area contributed by atoms with Gasteiger partial charge in [0.05, 0.1) is 17.0 Å². The summed E-state index contributed by atoms with van der Waals surface area (Å²) in [5.41, 5.74) is 9.70. The third-order valence-corrected chi connectivity index (χ3v) is 6.84. The molecule has 0 bridgehead atoms. The summed E-state index contributed by atoms with van der Waals surface area (Å²) in [6.07, 6.45) is 4.05. The van der Waals surface area contributed by atoms with Crippen molar-refractivity contribution in [3.05, 3.63) is 58.6 Å². The van der Waals surface area contributed by atoms with Crippen molar-refractivity contribution in [2.75, 3.05) is 23.7 Å². The van der Waals surface area contributed by atoms with Gasteiger partial charge in [-0.25, -0.2) is 14.6 Å². The first-order valence-corrected chi connectivity index (χ1v) is 11.3. The summed E-state index contributed by atoms with van der Waals surface area (Å²) in [4.78, 5) is 10.1. The molecule has 33 heavy (non-hydrogen) atoms. The van der Waals surface area contributed by atoms with E-state index in [9.17, 15) is 0 Å². The molecule has 2 fully saturated rings. The van der Waals surface area contributed by atoms with Crippen LogP contribution in [0.5, 0.6) is 0 Å². The summed E-state index contributed by atoms with van der Waals surface area (Å²) < 4.78 is 7.95. The van der Waals surface area contributed by atoms with Gasteiger partial charge in [-0.2, -0.15) is 0 Å². The Morgan fingerprint density at radius 2 is 1.79 bits per heavy atom. The van der Waals surface area contributed by atoms with E-state index in [1.54, 1.807) is 12.4 Å². The van der Waals surface area contributed by atoms with Gasteiger partial charge in [0.1, 0.15) is 0 Å². The van der Waals surface area contributed by atoms with Crippen LogP contribution in [0.3, 0.4) is 0 Å². The number of hydrogen-bond acceptors (Lipinski definition) is 9. The Morgan fingerprint density at radius 3 is 2.52 bits per heavy atom. The lowest BCUT2D eigenvalue weighted by Gasteiger charge is -2.17. The second-order valence-corrected chi connectivity index (χ2v) is 9.07. The third-order valence-electron chi connectivity index (χ3n) is 6.59. The van der Waals surface area contributed by atoms with Crippen LogP contribution in [0.4, 0.5) is 12.0 Å². The lowest BCUT2D eigenvalue weighted by atomic mass is 10.1. The Bertz CT molecular complexity index is 1270. The average molecular weight is 464 g/mol. The van der Waals surface area contributed by atoms with E-state index in [0.717, 1.165) is 36.8 Å². The van der Waals surface area contributed by atoms with Crippen LogP contribution >= 0.6 is 11.6 Å². The van der Waals surface area contributed by atoms with Gasteiger partial charge in [-0.15, -0.1) is 10.2 Å². The largest absolute Gasteiger partial charge is 0.403 e. The monoisotopic (exact) mass is 463 g/mol. The van der Waals surface area contributed by atoms with Gasteiger partial charge in [0, 0.05) is 43.0 Å². The molecular formula is C22H22ClN9O. The molecule has 168 valence electrons. The summed E-state index contributed by atoms with van der Waals surface area (Å²) in [6.45, 7) is 4.59. The van der Waals surface area contributed by atoms with Crippen LogP contribution in [0.2, 0.25) is 5.02 Å². The van der Waals surface area contributed by atoms with Crippen LogP contribution in [-0.2, 0) is 13.0 Å². The van der Waals surface area contributed by atoms with Crippen molar-refractivity contribution in [2.45, 2.75) is 25.8 Å². The molecule has 0 amide bonds. The second kappa shape index (κ2) is 7.80. The van der Waals surface area contributed by atoms with Crippen molar-refractivity contribution in [3.63, 3.8) is 0 Å². The highest BCUT2D eigenvalue weighted by atomic mass is 35.5. The number of rotatable bonds is 6. The molecular weight excluding hydrogens is 442 g/mol. The number of hydrogen-bond donors (Lipinski definition) is 1. The normalized spacial score (nSPS) is 21.4. The second-order valence-electron chi connectivity index (χ2n) is 8.64. The number of anilines is 2. The molecule has 1 aliphatic carbocycles. The molecule has 4 aromatic rings. The van der Waals surface area contributed by atoms with Crippen molar-refractivity contribution in [1.82, 2.24) is 35.2 Å². The Morgan fingerprint density at radius 1 is 1.06 bits per heavy atom. The van der Waals surface area contributed by atoms with Crippen LogP contribution < -0.4 is 10.6 Å². The van der Waals surface area contributed by atoms with Crippen molar-refractivity contribution < 1.29 is 4.42 Å². The first-order chi connectivity index (χ1) is 16.1. The van der Waals surface area contributed by atoms with Crippen molar-refractivity contribution in [2.24, 2.45) is 11.8 Å². The summed E-state index contributed by atoms with van der Waals surface area (Å²) in [5.74, 6) is 2.14. The maximum absolute atomic E-state index is 6.00. The molecule has 2 atom stereocenters.